The first kappa shape index (κ1) is 18.6. The Kier molecular flexibility index (Phi) is 5.11. The highest BCUT2D eigenvalue weighted by molar-refractivity contribution is 6.09. The number of carboxylic acid groups (broad SMARTS) is 1. The Morgan fingerprint density at radius 2 is 1.75 bits per heavy atom. The molecule has 0 spiro atoms. The molecule has 1 aromatic carbocycles. The largest absolute Gasteiger partial charge is 0.486 e. The third-order valence-corrected chi connectivity index (χ3v) is 5.78. The second-order valence-corrected chi connectivity index (χ2v) is 7.55. The Labute approximate surface area is 162 Å². The maximum atomic E-state index is 12.8. The minimum Gasteiger partial charge on any atom is -0.486 e. The van der Waals surface area contributed by atoms with E-state index < -0.39 is 11.9 Å². The number of hydrogen-bond acceptors (Lipinski definition) is 5. The van der Waals surface area contributed by atoms with E-state index in [9.17, 15) is 14.4 Å². The second-order valence-electron chi connectivity index (χ2n) is 7.55. The summed E-state index contributed by atoms with van der Waals surface area (Å²) in [5, 5.41) is 12.0. The van der Waals surface area contributed by atoms with Crippen LogP contribution in [0.5, 0.6) is 11.5 Å². The number of amides is 2. The molecule has 1 saturated heterocycles. The number of carbonyl (C=O) groups is 3. The average molecular weight is 388 g/mol. The van der Waals surface area contributed by atoms with Gasteiger partial charge in [0, 0.05) is 24.3 Å². The molecule has 0 aromatic heterocycles. The fourth-order valence-electron chi connectivity index (χ4n) is 4.17. The van der Waals surface area contributed by atoms with Gasteiger partial charge in [0.25, 0.3) is 0 Å². The lowest BCUT2D eigenvalue weighted by Crippen LogP contribution is -2.43. The molecule has 2 aliphatic heterocycles. The number of carbonyl (C=O) groups excluding carboxylic acids is 2. The highest BCUT2D eigenvalue weighted by Crippen LogP contribution is 2.36. The maximum Gasteiger partial charge on any atom is 0.306 e. The first-order valence-electron chi connectivity index (χ1n) is 9.77. The summed E-state index contributed by atoms with van der Waals surface area (Å²) < 4.78 is 11.1. The van der Waals surface area contributed by atoms with E-state index in [4.69, 9.17) is 14.6 Å². The van der Waals surface area contributed by atoms with Crippen LogP contribution in [0.1, 0.15) is 32.1 Å². The molecule has 3 aliphatic rings. The predicted octanol–water partition coefficient (Wildman–Crippen LogP) is 1.57. The van der Waals surface area contributed by atoms with Crippen molar-refractivity contribution in [2.24, 2.45) is 11.8 Å². The van der Waals surface area contributed by atoms with Crippen molar-refractivity contribution in [3.8, 4) is 11.5 Å². The van der Waals surface area contributed by atoms with Crippen molar-refractivity contribution in [1.29, 1.82) is 0 Å². The van der Waals surface area contributed by atoms with Crippen molar-refractivity contribution >= 4 is 23.5 Å². The SMILES string of the molecule is O=C(O)C1CCC(NC(=O)C2CCN(c3ccc4c(c3)OCCO4)C2=O)CC1. The van der Waals surface area contributed by atoms with E-state index in [0.29, 0.717) is 69.0 Å². The molecule has 2 amide bonds. The van der Waals surface area contributed by atoms with Gasteiger partial charge in [-0.3, -0.25) is 14.4 Å². The summed E-state index contributed by atoms with van der Waals surface area (Å²) in [6, 6.07) is 5.31. The molecule has 1 aliphatic carbocycles. The number of hydrogen-bond donors (Lipinski definition) is 2. The van der Waals surface area contributed by atoms with Gasteiger partial charge < -0.3 is 24.8 Å². The molecular formula is C20H24N2O6. The Bertz CT molecular complexity index is 787. The molecule has 0 radical (unpaired) electrons. The van der Waals surface area contributed by atoms with Gasteiger partial charge in [-0.05, 0) is 44.2 Å². The summed E-state index contributed by atoms with van der Waals surface area (Å²) >= 11 is 0. The van der Waals surface area contributed by atoms with Crippen LogP contribution in [0.3, 0.4) is 0 Å². The Morgan fingerprint density at radius 1 is 1.04 bits per heavy atom. The maximum absolute atomic E-state index is 12.8. The average Bonchev–Trinajstić information content (AvgIpc) is 3.09. The number of anilines is 1. The zero-order valence-electron chi connectivity index (χ0n) is 15.6. The Hall–Kier alpha value is -2.77. The number of aliphatic carboxylic acids is 1. The number of carboxylic acids is 1. The van der Waals surface area contributed by atoms with E-state index in [0.717, 1.165) is 0 Å². The molecule has 1 atom stereocenters. The van der Waals surface area contributed by atoms with Gasteiger partial charge in [-0.2, -0.15) is 0 Å². The van der Waals surface area contributed by atoms with Gasteiger partial charge in [0.05, 0.1) is 5.92 Å². The zero-order valence-corrected chi connectivity index (χ0v) is 15.6. The second kappa shape index (κ2) is 7.69. The highest BCUT2D eigenvalue weighted by Gasteiger charge is 2.39. The van der Waals surface area contributed by atoms with Crippen molar-refractivity contribution in [3.05, 3.63) is 18.2 Å². The van der Waals surface area contributed by atoms with Gasteiger partial charge in [0.2, 0.25) is 11.8 Å². The van der Waals surface area contributed by atoms with E-state index in [1.165, 1.54) is 0 Å². The molecule has 8 heteroatoms. The Balaban J connectivity index is 1.36. The minimum atomic E-state index is -0.772. The van der Waals surface area contributed by atoms with Crippen LogP contribution in [-0.4, -0.2) is 48.7 Å². The third kappa shape index (κ3) is 3.63. The van der Waals surface area contributed by atoms with Gasteiger partial charge in [-0.15, -0.1) is 0 Å². The van der Waals surface area contributed by atoms with Crippen LogP contribution in [0.15, 0.2) is 18.2 Å². The van der Waals surface area contributed by atoms with Crippen LogP contribution in [0, 0.1) is 11.8 Å². The molecule has 1 unspecified atom stereocenters. The molecule has 4 rings (SSSR count). The van der Waals surface area contributed by atoms with Crippen LogP contribution in [0.4, 0.5) is 5.69 Å². The van der Waals surface area contributed by atoms with Gasteiger partial charge >= 0.3 is 5.97 Å². The number of benzene rings is 1. The standard InChI is InChI=1S/C20H24N2O6/c23-18(21-13-3-1-12(2-4-13)20(25)26)15-7-8-22(19(15)24)14-5-6-16-17(11-14)28-10-9-27-16/h5-6,11-13,15H,1-4,7-10H2,(H,21,23)(H,25,26). The first-order chi connectivity index (χ1) is 13.5. The molecule has 8 nitrogen and oxygen atoms in total. The summed E-state index contributed by atoms with van der Waals surface area (Å²) in [4.78, 5) is 38.1. The van der Waals surface area contributed by atoms with Gasteiger partial charge in [0.15, 0.2) is 11.5 Å². The van der Waals surface area contributed by atoms with E-state index in [1.807, 2.05) is 0 Å². The molecule has 28 heavy (non-hydrogen) atoms. The number of nitrogens with one attached hydrogen (secondary N) is 1. The van der Waals surface area contributed by atoms with Gasteiger partial charge in [-0.1, -0.05) is 0 Å². The third-order valence-electron chi connectivity index (χ3n) is 5.78. The number of fused-ring (bicyclic) bond motifs is 1. The van der Waals surface area contributed by atoms with E-state index in [2.05, 4.69) is 5.32 Å². The van der Waals surface area contributed by atoms with Crippen LogP contribution in [0.2, 0.25) is 0 Å². The Morgan fingerprint density at radius 3 is 2.46 bits per heavy atom. The van der Waals surface area contributed by atoms with Crippen LogP contribution in [-0.2, 0) is 14.4 Å². The fourth-order valence-corrected chi connectivity index (χ4v) is 4.17. The summed E-state index contributed by atoms with van der Waals surface area (Å²) in [7, 11) is 0. The molecular weight excluding hydrogens is 364 g/mol. The number of ether oxygens (including phenoxy) is 2. The quantitative estimate of drug-likeness (QED) is 0.759. The summed E-state index contributed by atoms with van der Waals surface area (Å²) in [6.07, 6.45) is 2.85. The number of rotatable bonds is 4. The summed E-state index contributed by atoms with van der Waals surface area (Å²) in [5.74, 6) is -1.01. The van der Waals surface area contributed by atoms with Crippen molar-refractivity contribution in [3.63, 3.8) is 0 Å². The van der Waals surface area contributed by atoms with Crippen LogP contribution < -0.4 is 19.7 Å². The predicted molar refractivity (Wildman–Crippen MR) is 99.4 cm³/mol. The van der Waals surface area contributed by atoms with E-state index >= 15 is 0 Å². The minimum absolute atomic E-state index is 0.0563. The zero-order chi connectivity index (χ0) is 19.7. The highest BCUT2D eigenvalue weighted by atomic mass is 16.6. The molecule has 1 aromatic rings. The fraction of sp³-hybridized carbons (Fsp3) is 0.550. The smallest absolute Gasteiger partial charge is 0.306 e. The lowest BCUT2D eigenvalue weighted by atomic mass is 9.86. The van der Waals surface area contributed by atoms with Crippen LogP contribution in [0.25, 0.3) is 0 Å². The normalized spacial score (nSPS) is 26.8. The van der Waals surface area contributed by atoms with E-state index in [-0.39, 0.29) is 23.8 Å². The van der Waals surface area contributed by atoms with Crippen molar-refractivity contribution in [1.82, 2.24) is 5.32 Å². The molecule has 2 N–H and O–H groups in total. The van der Waals surface area contributed by atoms with Crippen molar-refractivity contribution in [2.75, 3.05) is 24.7 Å². The van der Waals surface area contributed by atoms with E-state index in [1.54, 1.807) is 23.1 Å². The van der Waals surface area contributed by atoms with Gasteiger partial charge in [0.1, 0.15) is 19.1 Å². The van der Waals surface area contributed by atoms with Crippen LogP contribution >= 0.6 is 0 Å². The van der Waals surface area contributed by atoms with Gasteiger partial charge in [-0.25, -0.2) is 0 Å². The summed E-state index contributed by atoms with van der Waals surface area (Å²) in [5.41, 5.74) is 0.700. The van der Waals surface area contributed by atoms with Crippen molar-refractivity contribution in [2.45, 2.75) is 38.1 Å². The summed E-state index contributed by atoms with van der Waals surface area (Å²) in [6.45, 7) is 1.45. The number of nitrogens with zero attached hydrogens (tertiary/aromatic N) is 1. The first-order valence-corrected chi connectivity index (χ1v) is 9.77. The molecule has 2 fully saturated rings. The lowest BCUT2D eigenvalue weighted by molar-refractivity contribution is -0.142. The molecule has 1 saturated carbocycles. The molecule has 2 heterocycles. The molecule has 0 bridgehead atoms. The monoisotopic (exact) mass is 388 g/mol. The topological polar surface area (TPSA) is 105 Å². The van der Waals surface area contributed by atoms with Crippen molar-refractivity contribution < 1.29 is 29.0 Å². The molecule has 150 valence electrons. The lowest BCUT2D eigenvalue weighted by Gasteiger charge is -2.27.